The average Bonchev–Trinajstić information content (AvgIpc) is 2.45. The van der Waals surface area contributed by atoms with Crippen molar-refractivity contribution in [3.05, 3.63) is 21.0 Å². The highest BCUT2D eigenvalue weighted by molar-refractivity contribution is 7.88. The number of nitrogens with one attached hydrogen (secondary N) is 2. The number of rotatable bonds is 5. The second-order valence-corrected chi connectivity index (χ2v) is 8.55. The Morgan fingerprint density at radius 2 is 1.79 bits per heavy atom. The van der Waals surface area contributed by atoms with Crippen LogP contribution in [0.25, 0.3) is 0 Å². The normalized spacial score (nSPS) is 18.7. The van der Waals surface area contributed by atoms with E-state index >= 15 is 0 Å². The number of H-pyrrole nitrogens is 1. The molecule has 1 aromatic heterocycles. The Hall–Kier alpha value is -1.68. The average molecular weight is 359 g/mol. The third-order valence-electron chi connectivity index (χ3n) is 4.41. The molecule has 1 aromatic rings. The minimum absolute atomic E-state index is 0.0378. The van der Waals surface area contributed by atoms with E-state index in [1.54, 1.807) is 13.8 Å². The molecule has 0 spiro atoms. The van der Waals surface area contributed by atoms with Gasteiger partial charge in [-0.15, -0.1) is 0 Å². The predicted molar refractivity (Wildman–Crippen MR) is 91.7 cm³/mol. The van der Waals surface area contributed by atoms with Gasteiger partial charge < -0.3 is 5.32 Å². The van der Waals surface area contributed by atoms with Gasteiger partial charge >= 0.3 is 11.4 Å². The molecule has 0 aromatic carbocycles. The molecule has 1 atom stereocenters. The van der Waals surface area contributed by atoms with Crippen LogP contribution in [0.1, 0.15) is 39.7 Å². The molecule has 2 N–H and O–H groups in total. The SMILES string of the molecule is CC(Nc1nc(=O)n(C(C)C)c(=O)[nH]1)C1CCN(S(C)(=O)=O)CC1. The number of nitrogens with zero attached hydrogens (tertiary/aromatic N) is 3. The van der Waals surface area contributed by atoms with Crippen LogP contribution < -0.4 is 16.7 Å². The lowest BCUT2D eigenvalue weighted by Gasteiger charge is -2.33. The minimum Gasteiger partial charge on any atom is -0.353 e. The Morgan fingerprint density at radius 3 is 2.25 bits per heavy atom. The molecule has 136 valence electrons. The van der Waals surface area contributed by atoms with Crippen molar-refractivity contribution in [2.24, 2.45) is 5.92 Å². The van der Waals surface area contributed by atoms with Gasteiger partial charge in [-0.05, 0) is 39.5 Å². The summed E-state index contributed by atoms with van der Waals surface area (Å²) >= 11 is 0. The largest absolute Gasteiger partial charge is 0.355 e. The van der Waals surface area contributed by atoms with Crippen LogP contribution in [0.15, 0.2) is 9.59 Å². The molecule has 0 bridgehead atoms. The van der Waals surface area contributed by atoms with E-state index in [2.05, 4.69) is 15.3 Å². The molecular formula is C14H25N5O4S. The Labute approximate surface area is 141 Å². The first-order valence-corrected chi connectivity index (χ1v) is 9.89. The molecule has 1 saturated heterocycles. The van der Waals surface area contributed by atoms with Gasteiger partial charge in [-0.3, -0.25) is 4.98 Å². The number of anilines is 1. The number of hydrogen-bond acceptors (Lipinski definition) is 6. The third-order valence-corrected chi connectivity index (χ3v) is 5.72. The Kier molecular flexibility index (Phi) is 5.49. The van der Waals surface area contributed by atoms with E-state index in [1.807, 2.05) is 6.92 Å². The standard InChI is InChI=1S/C14H25N5O4S/c1-9(2)19-13(20)16-12(17-14(19)21)15-10(3)11-5-7-18(8-6-11)24(4,22)23/h9-11H,5-8H2,1-4H3,(H2,15,16,17,20,21). The van der Waals surface area contributed by atoms with Crippen LogP contribution in [-0.2, 0) is 10.0 Å². The van der Waals surface area contributed by atoms with E-state index in [1.165, 1.54) is 10.6 Å². The van der Waals surface area contributed by atoms with Crippen molar-refractivity contribution in [3.63, 3.8) is 0 Å². The lowest BCUT2D eigenvalue weighted by Crippen LogP contribution is -2.43. The molecule has 2 rings (SSSR count). The van der Waals surface area contributed by atoms with Gasteiger partial charge in [0.15, 0.2) is 0 Å². The third kappa shape index (κ3) is 4.23. The van der Waals surface area contributed by atoms with E-state index in [-0.39, 0.29) is 23.9 Å². The summed E-state index contributed by atoms with van der Waals surface area (Å²) in [6.07, 6.45) is 2.65. The summed E-state index contributed by atoms with van der Waals surface area (Å²) in [5.41, 5.74) is -1.08. The molecule has 1 fully saturated rings. The molecule has 2 heterocycles. The fourth-order valence-corrected chi connectivity index (χ4v) is 3.86. The molecule has 10 heteroatoms. The summed E-state index contributed by atoms with van der Waals surface area (Å²) in [7, 11) is -3.15. The van der Waals surface area contributed by atoms with Crippen LogP contribution in [-0.4, -0.2) is 52.6 Å². The van der Waals surface area contributed by atoms with Gasteiger partial charge in [-0.2, -0.15) is 4.98 Å². The summed E-state index contributed by atoms with van der Waals surface area (Å²) in [5.74, 6) is 0.390. The summed E-state index contributed by atoms with van der Waals surface area (Å²) in [5, 5.41) is 3.07. The first-order valence-electron chi connectivity index (χ1n) is 8.04. The van der Waals surface area contributed by atoms with E-state index in [9.17, 15) is 18.0 Å². The van der Waals surface area contributed by atoms with Gasteiger partial charge in [0.2, 0.25) is 16.0 Å². The molecule has 0 aliphatic carbocycles. The second-order valence-electron chi connectivity index (χ2n) is 6.57. The Balaban J connectivity index is 2.05. The van der Waals surface area contributed by atoms with Crippen molar-refractivity contribution >= 4 is 16.0 Å². The highest BCUT2D eigenvalue weighted by atomic mass is 32.2. The zero-order valence-electron chi connectivity index (χ0n) is 14.4. The maximum absolute atomic E-state index is 12.0. The van der Waals surface area contributed by atoms with Crippen molar-refractivity contribution in [1.29, 1.82) is 0 Å². The number of hydrogen-bond donors (Lipinski definition) is 2. The number of sulfonamides is 1. The Bertz CT molecular complexity index is 759. The van der Waals surface area contributed by atoms with Crippen molar-refractivity contribution in [2.75, 3.05) is 24.7 Å². The molecule has 0 radical (unpaired) electrons. The van der Waals surface area contributed by atoms with Crippen LogP contribution in [0, 0.1) is 5.92 Å². The van der Waals surface area contributed by atoms with E-state index in [0.29, 0.717) is 25.9 Å². The van der Waals surface area contributed by atoms with Crippen molar-refractivity contribution < 1.29 is 8.42 Å². The van der Waals surface area contributed by atoms with Crippen molar-refractivity contribution in [2.45, 2.75) is 45.7 Å². The number of aromatic nitrogens is 3. The predicted octanol–water partition coefficient (Wildman–Crippen LogP) is -0.0155. The Morgan fingerprint density at radius 1 is 1.21 bits per heavy atom. The van der Waals surface area contributed by atoms with Gasteiger partial charge in [0, 0.05) is 25.2 Å². The molecule has 0 saturated carbocycles. The summed E-state index contributed by atoms with van der Waals surface area (Å²) in [4.78, 5) is 30.4. The zero-order chi connectivity index (χ0) is 18.1. The fraction of sp³-hybridized carbons (Fsp3) is 0.786. The van der Waals surface area contributed by atoms with Crippen molar-refractivity contribution in [3.8, 4) is 0 Å². The van der Waals surface area contributed by atoms with E-state index in [0.717, 1.165) is 4.57 Å². The smallest absolute Gasteiger partial charge is 0.353 e. The van der Waals surface area contributed by atoms with E-state index < -0.39 is 21.4 Å². The maximum Gasteiger partial charge on any atom is 0.355 e. The van der Waals surface area contributed by atoms with Crippen LogP contribution in [0.5, 0.6) is 0 Å². The van der Waals surface area contributed by atoms with Gasteiger partial charge in [-0.1, -0.05) is 0 Å². The summed E-state index contributed by atoms with van der Waals surface area (Å²) < 4.78 is 25.6. The lowest BCUT2D eigenvalue weighted by atomic mass is 9.91. The molecule has 0 amide bonds. The first kappa shape index (κ1) is 18.7. The quantitative estimate of drug-likeness (QED) is 0.763. The monoisotopic (exact) mass is 359 g/mol. The van der Waals surface area contributed by atoms with Crippen LogP contribution in [0.4, 0.5) is 5.95 Å². The summed E-state index contributed by atoms with van der Waals surface area (Å²) in [6, 6.07) is -0.301. The molecular weight excluding hydrogens is 334 g/mol. The second kappa shape index (κ2) is 7.06. The number of aromatic amines is 1. The zero-order valence-corrected chi connectivity index (χ0v) is 15.3. The number of piperidine rings is 1. The van der Waals surface area contributed by atoms with Gasteiger partial charge in [0.05, 0.1) is 6.26 Å². The first-order chi connectivity index (χ1) is 11.1. The van der Waals surface area contributed by atoms with Gasteiger partial charge in [-0.25, -0.2) is 26.9 Å². The molecule has 9 nitrogen and oxygen atoms in total. The van der Waals surface area contributed by atoms with Crippen LogP contribution in [0.2, 0.25) is 0 Å². The maximum atomic E-state index is 12.0. The van der Waals surface area contributed by atoms with Crippen LogP contribution >= 0.6 is 0 Å². The molecule has 1 aliphatic heterocycles. The highest BCUT2D eigenvalue weighted by Gasteiger charge is 2.28. The highest BCUT2D eigenvalue weighted by Crippen LogP contribution is 2.23. The van der Waals surface area contributed by atoms with E-state index in [4.69, 9.17) is 0 Å². The topological polar surface area (TPSA) is 117 Å². The lowest BCUT2D eigenvalue weighted by molar-refractivity contribution is 0.258. The van der Waals surface area contributed by atoms with Crippen LogP contribution in [0.3, 0.4) is 0 Å². The molecule has 1 unspecified atom stereocenters. The van der Waals surface area contributed by atoms with Gasteiger partial charge in [0.1, 0.15) is 0 Å². The summed E-state index contributed by atoms with van der Waals surface area (Å²) in [6.45, 7) is 6.38. The molecule has 1 aliphatic rings. The minimum atomic E-state index is -3.15. The fourth-order valence-electron chi connectivity index (χ4n) is 2.99. The molecule has 24 heavy (non-hydrogen) atoms. The van der Waals surface area contributed by atoms with Crippen molar-refractivity contribution in [1.82, 2.24) is 18.8 Å². The van der Waals surface area contributed by atoms with Gasteiger partial charge in [0.25, 0.3) is 0 Å².